The summed E-state index contributed by atoms with van der Waals surface area (Å²) in [6, 6.07) is 7.76. The van der Waals surface area contributed by atoms with Crippen molar-refractivity contribution in [1.82, 2.24) is 15.2 Å². The third-order valence-electron chi connectivity index (χ3n) is 3.12. The van der Waals surface area contributed by atoms with Crippen molar-refractivity contribution in [1.29, 1.82) is 0 Å². The summed E-state index contributed by atoms with van der Waals surface area (Å²) in [6.45, 7) is 4.22. The quantitative estimate of drug-likeness (QED) is 0.759. The largest absolute Gasteiger partial charge is 0.460 e. The Morgan fingerprint density at radius 2 is 1.95 bits per heavy atom. The van der Waals surface area contributed by atoms with Gasteiger partial charge in [0.1, 0.15) is 11.3 Å². The Morgan fingerprint density at radius 1 is 1.11 bits per heavy atom. The van der Waals surface area contributed by atoms with Crippen molar-refractivity contribution in [2.75, 3.05) is 0 Å². The number of hydrogen-bond donors (Lipinski definition) is 1. The average Bonchev–Trinajstić information content (AvgIpc) is 2.83. The third kappa shape index (κ3) is 2.08. The molecule has 3 rings (SSSR count). The van der Waals surface area contributed by atoms with Crippen molar-refractivity contribution >= 4 is 11.0 Å². The predicted molar refractivity (Wildman–Crippen MR) is 72.4 cm³/mol. The van der Waals surface area contributed by atoms with E-state index in [0.29, 0.717) is 12.4 Å². The SMILES string of the molecule is Cc1nnc(-c2ccc3oc(CN)cc3c2)nc1C. The summed E-state index contributed by atoms with van der Waals surface area (Å²) in [4.78, 5) is 4.45. The first-order valence-electron chi connectivity index (χ1n) is 6.08. The Balaban J connectivity index is 2.11. The van der Waals surface area contributed by atoms with Crippen molar-refractivity contribution in [3.63, 3.8) is 0 Å². The fourth-order valence-electron chi connectivity index (χ4n) is 1.92. The van der Waals surface area contributed by atoms with Crippen LogP contribution in [0.1, 0.15) is 17.1 Å². The third-order valence-corrected chi connectivity index (χ3v) is 3.12. The minimum Gasteiger partial charge on any atom is -0.460 e. The van der Waals surface area contributed by atoms with E-state index < -0.39 is 0 Å². The maximum atomic E-state index is 5.57. The van der Waals surface area contributed by atoms with Gasteiger partial charge in [0.2, 0.25) is 0 Å². The number of nitrogens with zero attached hydrogens (tertiary/aromatic N) is 3. The van der Waals surface area contributed by atoms with Gasteiger partial charge in [-0.05, 0) is 38.1 Å². The van der Waals surface area contributed by atoms with E-state index in [2.05, 4.69) is 15.2 Å². The number of nitrogens with two attached hydrogens (primary N) is 1. The Kier molecular flexibility index (Phi) is 2.76. The van der Waals surface area contributed by atoms with Crippen LogP contribution in [0.4, 0.5) is 0 Å². The number of hydrogen-bond acceptors (Lipinski definition) is 5. The topological polar surface area (TPSA) is 77.8 Å². The van der Waals surface area contributed by atoms with Crippen LogP contribution in [-0.2, 0) is 6.54 Å². The standard InChI is InChI=1S/C14H14N4O/c1-8-9(2)17-18-14(16-8)10-3-4-13-11(5-10)6-12(7-15)19-13/h3-6H,7,15H2,1-2H3. The molecule has 0 aliphatic heterocycles. The average molecular weight is 254 g/mol. The second kappa shape index (κ2) is 4.44. The molecule has 0 saturated heterocycles. The second-order valence-corrected chi connectivity index (χ2v) is 4.48. The van der Waals surface area contributed by atoms with Crippen LogP contribution in [0.25, 0.3) is 22.4 Å². The number of furan rings is 1. The monoisotopic (exact) mass is 254 g/mol. The summed E-state index contributed by atoms with van der Waals surface area (Å²) < 4.78 is 5.57. The second-order valence-electron chi connectivity index (χ2n) is 4.48. The van der Waals surface area contributed by atoms with Gasteiger partial charge in [0.25, 0.3) is 0 Å². The molecule has 3 aromatic rings. The molecular weight excluding hydrogens is 240 g/mol. The molecule has 0 aliphatic rings. The summed E-state index contributed by atoms with van der Waals surface area (Å²) in [5, 5.41) is 9.23. The lowest BCUT2D eigenvalue weighted by molar-refractivity contribution is 0.552. The van der Waals surface area contributed by atoms with E-state index in [1.807, 2.05) is 38.1 Å². The summed E-state index contributed by atoms with van der Waals surface area (Å²) in [5.74, 6) is 1.40. The Bertz CT molecular complexity index is 748. The van der Waals surface area contributed by atoms with Gasteiger partial charge in [-0.25, -0.2) is 4.98 Å². The molecule has 2 aromatic heterocycles. The Hall–Kier alpha value is -2.27. The molecule has 5 heteroatoms. The van der Waals surface area contributed by atoms with Crippen molar-refractivity contribution < 1.29 is 4.42 Å². The minimum absolute atomic E-state index is 0.395. The molecule has 0 aliphatic carbocycles. The van der Waals surface area contributed by atoms with Gasteiger partial charge in [-0.15, -0.1) is 5.10 Å². The lowest BCUT2D eigenvalue weighted by atomic mass is 10.1. The van der Waals surface area contributed by atoms with E-state index in [-0.39, 0.29) is 0 Å². The molecule has 2 N–H and O–H groups in total. The zero-order valence-electron chi connectivity index (χ0n) is 10.8. The number of aryl methyl sites for hydroxylation is 2. The van der Waals surface area contributed by atoms with E-state index in [4.69, 9.17) is 10.2 Å². The fourth-order valence-corrected chi connectivity index (χ4v) is 1.92. The molecule has 1 aromatic carbocycles. The smallest absolute Gasteiger partial charge is 0.182 e. The fraction of sp³-hybridized carbons (Fsp3) is 0.214. The lowest BCUT2D eigenvalue weighted by Crippen LogP contribution is -1.98. The van der Waals surface area contributed by atoms with Crippen molar-refractivity contribution in [3.8, 4) is 11.4 Å². The highest BCUT2D eigenvalue weighted by molar-refractivity contribution is 5.82. The van der Waals surface area contributed by atoms with Gasteiger partial charge in [0, 0.05) is 10.9 Å². The first kappa shape index (κ1) is 11.8. The number of rotatable bonds is 2. The molecule has 0 radical (unpaired) electrons. The molecule has 0 fully saturated rings. The van der Waals surface area contributed by atoms with E-state index >= 15 is 0 Å². The Labute approximate surface area is 110 Å². The normalized spacial score (nSPS) is 11.1. The summed E-state index contributed by atoms with van der Waals surface area (Å²) in [6.07, 6.45) is 0. The highest BCUT2D eigenvalue weighted by atomic mass is 16.3. The molecule has 0 spiro atoms. The molecule has 96 valence electrons. The van der Waals surface area contributed by atoms with Crippen LogP contribution in [0.2, 0.25) is 0 Å². The first-order chi connectivity index (χ1) is 9.17. The molecule has 5 nitrogen and oxygen atoms in total. The maximum absolute atomic E-state index is 5.57. The minimum atomic E-state index is 0.395. The lowest BCUT2D eigenvalue weighted by Gasteiger charge is -2.02. The maximum Gasteiger partial charge on any atom is 0.182 e. The van der Waals surface area contributed by atoms with Crippen LogP contribution in [0.3, 0.4) is 0 Å². The van der Waals surface area contributed by atoms with Crippen LogP contribution in [0, 0.1) is 13.8 Å². The molecular formula is C14H14N4O. The van der Waals surface area contributed by atoms with E-state index in [1.165, 1.54) is 0 Å². The van der Waals surface area contributed by atoms with Gasteiger partial charge in [-0.2, -0.15) is 5.10 Å². The van der Waals surface area contributed by atoms with Crippen LogP contribution in [-0.4, -0.2) is 15.2 Å². The first-order valence-corrected chi connectivity index (χ1v) is 6.08. The van der Waals surface area contributed by atoms with Gasteiger partial charge >= 0.3 is 0 Å². The number of aromatic nitrogens is 3. The van der Waals surface area contributed by atoms with Gasteiger partial charge < -0.3 is 10.2 Å². The van der Waals surface area contributed by atoms with Crippen molar-refractivity contribution in [2.45, 2.75) is 20.4 Å². The zero-order valence-corrected chi connectivity index (χ0v) is 10.8. The highest BCUT2D eigenvalue weighted by Gasteiger charge is 2.08. The highest BCUT2D eigenvalue weighted by Crippen LogP contribution is 2.24. The molecule has 19 heavy (non-hydrogen) atoms. The van der Waals surface area contributed by atoms with Gasteiger partial charge in [0.05, 0.1) is 17.9 Å². The van der Waals surface area contributed by atoms with E-state index in [1.54, 1.807) is 0 Å². The number of fused-ring (bicyclic) bond motifs is 1. The van der Waals surface area contributed by atoms with Crippen molar-refractivity contribution in [2.24, 2.45) is 5.73 Å². The van der Waals surface area contributed by atoms with E-state index in [9.17, 15) is 0 Å². The number of benzene rings is 1. The van der Waals surface area contributed by atoms with Gasteiger partial charge in [-0.1, -0.05) is 0 Å². The summed E-state index contributed by atoms with van der Waals surface area (Å²) in [5.41, 5.74) is 9.05. The zero-order chi connectivity index (χ0) is 13.4. The van der Waals surface area contributed by atoms with Gasteiger partial charge in [-0.3, -0.25) is 0 Å². The molecule has 0 saturated carbocycles. The molecule has 0 atom stereocenters. The predicted octanol–water partition coefficient (Wildman–Crippen LogP) is 2.36. The molecule has 2 heterocycles. The summed E-state index contributed by atoms with van der Waals surface area (Å²) >= 11 is 0. The van der Waals surface area contributed by atoms with Crippen LogP contribution < -0.4 is 5.73 Å². The Morgan fingerprint density at radius 3 is 2.68 bits per heavy atom. The van der Waals surface area contributed by atoms with Crippen LogP contribution >= 0.6 is 0 Å². The van der Waals surface area contributed by atoms with Crippen LogP contribution in [0.15, 0.2) is 28.7 Å². The van der Waals surface area contributed by atoms with Crippen molar-refractivity contribution in [3.05, 3.63) is 41.4 Å². The van der Waals surface area contributed by atoms with E-state index in [0.717, 1.165) is 33.7 Å². The van der Waals surface area contributed by atoms with Gasteiger partial charge in [0.15, 0.2) is 5.82 Å². The molecule has 0 bridgehead atoms. The van der Waals surface area contributed by atoms with Crippen LogP contribution in [0.5, 0.6) is 0 Å². The molecule has 0 amide bonds. The summed E-state index contributed by atoms with van der Waals surface area (Å²) in [7, 11) is 0. The molecule has 0 unspecified atom stereocenters.